The molecule has 3 heterocycles. The molecule has 112 valence electrons. The van der Waals surface area contributed by atoms with Gasteiger partial charge in [0.05, 0.1) is 12.9 Å². The van der Waals surface area contributed by atoms with Crippen LogP contribution in [-0.2, 0) is 4.74 Å². The van der Waals surface area contributed by atoms with Crippen molar-refractivity contribution in [3.05, 3.63) is 25.3 Å². The second-order valence-corrected chi connectivity index (χ2v) is 4.77. The van der Waals surface area contributed by atoms with E-state index in [4.69, 9.17) is 10.5 Å². The van der Waals surface area contributed by atoms with Gasteiger partial charge in [-0.1, -0.05) is 6.58 Å². The number of imidazole rings is 1. The van der Waals surface area contributed by atoms with Crippen LogP contribution in [0.4, 0.5) is 10.2 Å². The van der Waals surface area contributed by atoms with E-state index in [0.717, 1.165) is 6.08 Å². The third kappa shape index (κ3) is 1.82. The molecule has 0 radical (unpaired) electrons. The fourth-order valence-corrected chi connectivity index (χ4v) is 2.46. The molecule has 0 unspecified atom stereocenters. The minimum absolute atomic E-state index is 0.152. The fourth-order valence-electron chi connectivity index (χ4n) is 2.46. The Labute approximate surface area is 118 Å². The third-order valence-electron chi connectivity index (χ3n) is 3.62. The molecular formula is C12H14FN5O3. The predicted octanol–water partition coefficient (Wildman–Crippen LogP) is -0.447. The Hall–Kier alpha value is -2.10. The molecule has 2 aromatic rings. The molecule has 9 heteroatoms. The molecule has 2 aromatic heterocycles. The van der Waals surface area contributed by atoms with Gasteiger partial charge in [-0.15, -0.1) is 0 Å². The monoisotopic (exact) mass is 295 g/mol. The maximum Gasteiger partial charge on any atom is 0.201 e. The highest BCUT2D eigenvalue weighted by Crippen LogP contribution is 2.43. The van der Waals surface area contributed by atoms with Crippen molar-refractivity contribution >= 4 is 17.0 Å². The standard InChI is InChI=1S/C12H14FN5O3/c1-2-12(13)8(20)6(3-19)21-11(12)18-5-17-7-9(14)15-4-16-10(7)18/h2,4-6,8,11,19-20H,1,3H2,(H2,14,15,16)/t6-,8-,11-,12-/m1/s1. The van der Waals surface area contributed by atoms with Crippen LogP contribution in [0.25, 0.3) is 11.2 Å². The Morgan fingerprint density at radius 3 is 2.95 bits per heavy atom. The number of nitrogen functional groups attached to an aromatic ring is 1. The molecule has 8 nitrogen and oxygen atoms in total. The van der Waals surface area contributed by atoms with E-state index >= 15 is 4.39 Å². The SMILES string of the molecule is C=C[C@@]1(F)[C@H](O)[C@@H](CO)O[C@H]1n1cnc2c(N)ncnc21. The molecule has 1 aliphatic heterocycles. The van der Waals surface area contributed by atoms with E-state index in [1.807, 2.05) is 0 Å². The highest BCUT2D eigenvalue weighted by Gasteiger charge is 2.56. The maximum absolute atomic E-state index is 15.0. The first-order valence-corrected chi connectivity index (χ1v) is 6.22. The maximum atomic E-state index is 15.0. The van der Waals surface area contributed by atoms with E-state index in [0.29, 0.717) is 5.52 Å². The number of ether oxygens (including phenoxy) is 1. The van der Waals surface area contributed by atoms with Crippen molar-refractivity contribution in [1.82, 2.24) is 19.5 Å². The first-order valence-electron chi connectivity index (χ1n) is 6.22. The lowest BCUT2D eigenvalue weighted by Gasteiger charge is -2.25. The first kappa shape index (κ1) is 13.9. The lowest BCUT2D eigenvalue weighted by Crippen LogP contribution is -2.41. The number of hydrogen-bond acceptors (Lipinski definition) is 7. The molecule has 1 saturated heterocycles. The van der Waals surface area contributed by atoms with E-state index in [1.54, 1.807) is 0 Å². The second kappa shape index (κ2) is 4.72. The van der Waals surface area contributed by atoms with Gasteiger partial charge in [0, 0.05) is 0 Å². The molecule has 4 N–H and O–H groups in total. The Morgan fingerprint density at radius 1 is 1.52 bits per heavy atom. The van der Waals surface area contributed by atoms with Crippen molar-refractivity contribution in [1.29, 1.82) is 0 Å². The smallest absolute Gasteiger partial charge is 0.201 e. The van der Waals surface area contributed by atoms with Crippen LogP contribution in [0, 0.1) is 0 Å². The Morgan fingerprint density at radius 2 is 2.29 bits per heavy atom. The van der Waals surface area contributed by atoms with Crippen molar-refractivity contribution in [3.63, 3.8) is 0 Å². The average molecular weight is 295 g/mol. The summed E-state index contributed by atoms with van der Waals surface area (Å²) in [6.07, 6.45) is -0.421. The minimum Gasteiger partial charge on any atom is -0.394 e. The molecular weight excluding hydrogens is 281 g/mol. The number of aromatic nitrogens is 4. The molecule has 4 atom stereocenters. The number of nitrogens with two attached hydrogens (primary N) is 1. The molecule has 1 fully saturated rings. The van der Waals surface area contributed by atoms with Crippen molar-refractivity contribution in [2.45, 2.75) is 24.1 Å². The van der Waals surface area contributed by atoms with Crippen LogP contribution in [-0.4, -0.2) is 54.2 Å². The third-order valence-corrected chi connectivity index (χ3v) is 3.62. The predicted molar refractivity (Wildman–Crippen MR) is 70.8 cm³/mol. The summed E-state index contributed by atoms with van der Waals surface area (Å²) in [6.45, 7) is 2.88. The first-order chi connectivity index (χ1) is 10.0. The number of hydrogen-bond donors (Lipinski definition) is 3. The van der Waals surface area contributed by atoms with Gasteiger partial charge in [0.1, 0.15) is 24.1 Å². The van der Waals surface area contributed by atoms with Crippen molar-refractivity contribution in [3.8, 4) is 0 Å². The summed E-state index contributed by atoms with van der Waals surface area (Å²) >= 11 is 0. The van der Waals surface area contributed by atoms with Gasteiger partial charge in [0.15, 0.2) is 17.7 Å². The van der Waals surface area contributed by atoms with E-state index in [2.05, 4.69) is 21.5 Å². The van der Waals surface area contributed by atoms with Gasteiger partial charge in [-0.2, -0.15) is 0 Å². The minimum atomic E-state index is -2.29. The molecule has 0 aliphatic carbocycles. The number of rotatable bonds is 3. The summed E-state index contributed by atoms with van der Waals surface area (Å²) in [4.78, 5) is 11.8. The number of anilines is 1. The second-order valence-electron chi connectivity index (χ2n) is 4.77. The zero-order valence-corrected chi connectivity index (χ0v) is 10.9. The number of alkyl halides is 1. The van der Waals surface area contributed by atoms with Crippen LogP contribution >= 0.6 is 0 Å². The molecule has 21 heavy (non-hydrogen) atoms. The summed E-state index contributed by atoms with van der Waals surface area (Å²) in [5.74, 6) is 0.152. The number of nitrogens with zero attached hydrogens (tertiary/aromatic N) is 4. The summed E-state index contributed by atoms with van der Waals surface area (Å²) in [5, 5.41) is 19.2. The molecule has 0 bridgehead atoms. The number of halogens is 1. The van der Waals surface area contributed by atoms with Crippen LogP contribution in [0.3, 0.4) is 0 Å². The van der Waals surface area contributed by atoms with Crippen molar-refractivity contribution in [2.75, 3.05) is 12.3 Å². The van der Waals surface area contributed by atoms with E-state index in [9.17, 15) is 10.2 Å². The molecule has 0 spiro atoms. The highest BCUT2D eigenvalue weighted by molar-refractivity contribution is 5.81. The van der Waals surface area contributed by atoms with E-state index in [-0.39, 0.29) is 11.5 Å². The lowest BCUT2D eigenvalue weighted by molar-refractivity contribution is -0.0515. The fraction of sp³-hybridized carbons (Fsp3) is 0.417. The molecule has 0 aromatic carbocycles. The van der Waals surface area contributed by atoms with Gasteiger partial charge in [-0.05, 0) is 6.08 Å². The van der Waals surface area contributed by atoms with Gasteiger partial charge in [-0.3, -0.25) is 4.57 Å². The number of aliphatic hydroxyl groups is 2. The number of fused-ring (bicyclic) bond motifs is 1. The van der Waals surface area contributed by atoms with Gasteiger partial charge < -0.3 is 20.7 Å². The molecule has 1 aliphatic rings. The summed E-state index contributed by atoms with van der Waals surface area (Å²) in [5.41, 5.74) is 3.95. The van der Waals surface area contributed by atoms with E-state index in [1.165, 1.54) is 17.2 Å². The Bertz CT molecular complexity index is 693. The van der Waals surface area contributed by atoms with Crippen LogP contribution in [0.15, 0.2) is 25.3 Å². The zero-order chi connectivity index (χ0) is 15.2. The van der Waals surface area contributed by atoms with Crippen molar-refractivity contribution in [2.24, 2.45) is 0 Å². The molecule has 0 amide bonds. The highest BCUT2D eigenvalue weighted by atomic mass is 19.1. The van der Waals surface area contributed by atoms with Crippen LogP contribution in [0.2, 0.25) is 0 Å². The summed E-state index contributed by atoms with van der Waals surface area (Å²) in [6, 6.07) is 0. The van der Waals surface area contributed by atoms with Crippen LogP contribution in [0.1, 0.15) is 6.23 Å². The lowest BCUT2D eigenvalue weighted by atomic mass is 9.96. The van der Waals surface area contributed by atoms with Gasteiger partial charge in [-0.25, -0.2) is 19.3 Å². The Balaban J connectivity index is 2.13. The molecule has 3 rings (SSSR count). The normalized spacial score (nSPS) is 32.6. The largest absolute Gasteiger partial charge is 0.394 e. The van der Waals surface area contributed by atoms with Crippen LogP contribution in [0.5, 0.6) is 0 Å². The quantitative estimate of drug-likeness (QED) is 0.656. The number of aliphatic hydroxyl groups excluding tert-OH is 2. The van der Waals surface area contributed by atoms with E-state index < -0.39 is 30.7 Å². The topological polar surface area (TPSA) is 119 Å². The zero-order valence-electron chi connectivity index (χ0n) is 10.9. The average Bonchev–Trinajstić information content (AvgIpc) is 3.01. The summed E-state index contributed by atoms with van der Waals surface area (Å²) in [7, 11) is 0. The van der Waals surface area contributed by atoms with Gasteiger partial charge in [0.25, 0.3) is 0 Å². The van der Waals surface area contributed by atoms with Crippen molar-refractivity contribution < 1.29 is 19.3 Å². The van der Waals surface area contributed by atoms with Gasteiger partial charge in [0.2, 0.25) is 5.67 Å². The summed E-state index contributed by atoms with van der Waals surface area (Å²) < 4.78 is 21.7. The molecule has 0 saturated carbocycles. The Kier molecular flexibility index (Phi) is 3.12. The van der Waals surface area contributed by atoms with Crippen LogP contribution < -0.4 is 5.73 Å². The van der Waals surface area contributed by atoms with Gasteiger partial charge >= 0.3 is 0 Å².